The summed E-state index contributed by atoms with van der Waals surface area (Å²) in [5.41, 5.74) is -2.56. The molecular formula is C6H11F3O. The van der Waals surface area contributed by atoms with E-state index < -0.39 is 17.7 Å². The first-order valence-corrected chi connectivity index (χ1v) is 2.98. The summed E-state index contributed by atoms with van der Waals surface area (Å²) in [7, 11) is 0. The molecule has 0 fully saturated rings. The lowest BCUT2D eigenvalue weighted by atomic mass is 9.92. The summed E-state index contributed by atoms with van der Waals surface area (Å²) in [6.07, 6.45) is -4.53. The largest absolute Gasteiger partial charge is 0.417 e. The number of hydrogen-bond donors (Lipinski definition) is 1. The molecule has 0 aromatic heterocycles. The van der Waals surface area contributed by atoms with Crippen LogP contribution in [0, 0.1) is 5.92 Å². The van der Waals surface area contributed by atoms with Gasteiger partial charge in [-0.2, -0.15) is 13.2 Å². The van der Waals surface area contributed by atoms with Crippen LogP contribution in [0.3, 0.4) is 0 Å². The average molecular weight is 156 g/mol. The smallest absolute Gasteiger partial charge is 0.380 e. The minimum Gasteiger partial charge on any atom is -0.380 e. The maximum atomic E-state index is 11.8. The van der Waals surface area contributed by atoms with Gasteiger partial charge in [0.1, 0.15) is 0 Å². The van der Waals surface area contributed by atoms with Gasteiger partial charge < -0.3 is 5.11 Å². The molecule has 0 aliphatic rings. The Morgan fingerprint density at radius 1 is 1.20 bits per heavy atom. The summed E-state index contributed by atoms with van der Waals surface area (Å²) in [4.78, 5) is 0. The third-order valence-electron chi connectivity index (χ3n) is 1.70. The van der Waals surface area contributed by atoms with Gasteiger partial charge in [-0.15, -0.1) is 0 Å². The Morgan fingerprint density at radius 2 is 1.50 bits per heavy atom. The van der Waals surface area contributed by atoms with Crippen LogP contribution in [0.25, 0.3) is 0 Å². The van der Waals surface area contributed by atoms with Gasteiger partial charge in [0.05, 0.1) is 0 Å². The molecule has 0 aromatic rings. The summed E-state index contributed by atoms with van der Waals surface area (Å²) >= 11 is 0. The molecule has 10 heavy (non-hydrogen) atoms. The molecule has 0 saturated carbocycles. The van der Waals surface area contributed by atoms with Gasteiger partial charge in [0.2, 0.25) is 0 Å². The SMILES string of the molecule is CC(C)C(C)(O)C(F)(F)F. The average Bonchev–Trinajstić information content (AvgIpc) is 1.62. The summed E-state index contributed by atoms with van der Waals surface area (Å²) in [6, 6.07) is 0. The third kappa shape index (κ3) is 1.62. The molecule has 1 nitrogen and oxygen atoms in total. The maximum Gasteiger partial charge on any atom is 0.417 e. The lowest BCUT2D eigenvalue weighted by molar-refractivity contribution is -0.267. The fraction of sp³-hybridized carbons (Fsp3) is 1.00. The Balaban J connectivity index is 4.40. The highest BCUT2D eigenvalue weighted by atomic mass is 19.4. The number of hydrogen-bond acceptors (Lipinski definition) is 1. The molecule has 0 aliphatic carbocycles. The summed E-state index contributed by atoms with van der Waals surface area (Å²) in [5.74, 6) is -0.813. The Kier molecular flexibility index (Phi) is 2.36. The van der Waals surface area contributed by atoms with Gasteiger partial charge in [-0.05, 0) is 12.8 Å². The molecule has 1 unspecified atom stereocenters. The van der Waals surface area contributed by atoms with E-state index in [4.69, 9.17) is 5.11 Å². The molecular weight excluding hydrogens is 145 g/mol. The highest BCUT2D eigenvalue weighted by molar-refractivity contribution is 4.84. The Bertz CT molecular complexity index is 115. The van der Waals surface area contributed by atoms with Crippen LogP contribution >= 0.6 is 0 Å². The third-order valence-corrected chi connectivity index (χ3v) is 1.70. The molecule has 1 N–H and O–H groups in total. The van der Waals surface area contributed by atoms with E-state index >= 15 is 0 Å². The molecule has 0 amide bonds. The van der Waals surface area contributed by atoms with Gasteiger partial charge in [-0.3, -0.25) is 0 Å². The summed E-state index contributed by atoms with van der Waals surface area (Å²) in [6.45, 7) is 3.43. The lowest BCUT2D eigenvalue weighted by Crippen LogP contribution is -2.46. The van der Waals surface area contributed by atoms with E-state index in [0.29, 0.717) is 0 Å². The molecule has 0 spiro atoms. The van der Waals surface area contributed by atoms with Crippen molar-refractivity contribution in [1.82, 2.24) is 0 Å². The topological polar surface area (TPSA) is 20.2 Å². The first kappa shape index (κ1) is 9.75. The van der Waals surface area contributed by atoms with E-state index in [9.17, 15) is 13.2 Å². The van der Waals surface area contributed by atoms with Crippen LogP contribution in [0.4, 0.5) is 13.2 Å². The van der Waals surface area contributed by atoms with Crippen molar-refractivity contribution < 1.29 is 18.3 Å². The fourth-order valence-electron chi connectivity index (χ4n) is 0.327. The molecule has 0 heterocycles. The quantitative estimate of drug-likeness (QED) is 0.615. The molecule has 0 aromatic carbocycles. The predicted molar refractivity (Wildman–Crippen MR) is 31.5 cm³/mol. The summed E-state index contributed by atoms with van der Waals surface area (Å²) < 4.78 is 35.5. The van der Waals surface area contributed by atoms with Gasteiger partial charge in [0.25, 0.3) is 0 Å². The summed E-state index contributed by atoms with van der Waals surface area (Å²) in [5, 5.41) is 8.80. The predicted octanol–water partition coefficient (Wildman–Crippen LogP) is 1.96. The Morgan fingerprint density at radius 3 is 1.50 bits per heavy atom. The second-order valence-corrected chi connectivity index (χ2v) is 2.80. The van der Waals surface area contributed by atoms with Crippen molar-refractivity contribution in [2.45, 2.75) is 32.5 Å². The van der Waals surface area contributed by atoms with Crippen molar-refractivity contribution in [3.05, 3.63) is 0 Å². The zero-order chi connectivity index (χ0) is 8.58. The van der Waals surface area contributed by atoms with Crippen molar-refractivity contribution >= 4 is 0 Å². The monoisotopic (exact) mass is 156 g/mol. The zero-order valence-electron chi connectivity index (χ0n) is 6.16. The molecule has 1 atom stereocenters. The molecule has 4 heteroatoms. The van der Waals surface area contributed by atoms with Crippen molar-refractivity contribution in [2.75, 3.05) is 0 Å². The van der Waals surface area contributed by atoms with Crippen molar-refractivity contribution in [1.29, 1.82) is 0 Å². The second-order valence-electron chi connectivity index (χ2n) is 2.80. The van der Waals surface area contributed by atoms with E-state index in [1.165, 1.54) is 13.8 Å². The second kappa shape index (κ2) is 2.42. The highest BCUT2D eigenvalue weighted by Crippen LogP contribution is 2.35. The van der Waals surface area contributed by atoms with Crippen LogP contribution in [0.15, 0.2) is 0 Å². The van der Waals surface area contributed by atoms with Crippen LogP contribution in [-0.2, 0) is 0 Å². The highest BCUT2D eigenvalue weighted by Gasteiger charge is 2.51. The number of alkyl halides is 3. The molecule has 62 valence electrons. The van der Waals surface area contributed by atoms with Crippen LogP contribution in [0.1, 0.15) is 20.8 Å². The van der Waals surface area contributed by atoms with Gasteiger partial charge >= 0.3 is 6.18 Å². The van der Waals surface area contributed by atoms with E-state index in [0.717, 1.165) is 6.92 Å². The minimum absolute atomic E-state index is 0.775. The van der Waals surface area contributed by atoms with Gasteiger partial charge in [0.15, 0.2) is 5.60 Å². The van der Waals surface area contributed by atoms with Crippen molar-refractivity contribution in [3.63, 3.8) is 0 Å². The Labute approximate surface area is 57.9 Å². The molecule has 0 bridgehead atoms. The van der Waals surface area contributed by atoms with Crippen LogP contribution in [0.2, 0.25) is 0 Å². The first-order chi connectivity index (χ1) is 4.19. The van der Waals surface area contributed by atoms with Crippen LogP contribution in [0.5, 0.6) is 0 Å². The first-order valence-electron chi connectivity index (χ1n) is 2.98. The lowest BCUT2D eigenvalue weighted by Gasteiger charge is -2.29. The normalized spacial score (nSPS) is 19.2. The minimum atomic E-state index is -4.53. The van der Waals surface area contributed by atoms with E-state index in [1.807, 2.05) is 0 Å². The molecule has 0 saturated heterocycles. The van der Waals surface area contributed by atoms with Crippen molar-refractivity contribution in [3.8, 4) is 0 Å². The molecule has 0 radical (unpaired) electrons. The van der Waals surface area contributed by atoms with Crippen LogP contribution in [-0.4, -0.2) is 16.9 Å². The van der Waals surface area contributed by atoms with E-state index in [-0.39, 0.29) is 0 Å². The number of halogens is 3. The van der Waals surface area contributed by atoms with Gasteiger partial charge in [-0.25, -0.2) is 0 Å². The van der Waals surface area contributed by atoms with E-state index in [1.54, 1.807) is 0 Å². The van der Waals surface area contributed by atoms with Crippen LogP contribution < -0.4 is 0 Å². The zero-order valence-corrected chi connectivity index (χ0v) is 6.16. The maximum absolute atomic E-state index is 11.8. The standard InChI is InChI=1S/C6H11F3O/c1-4(2)5(3,10)6(7,8)9/h4,10H,1-3H3. The van der Waals surface area contributed by atoms with Crippen molar-refractivity contribution in [2.24, 2.45) is 5.92 Å². The molecule has 0 rings (SSSR count). The molecule has 0 aliphatic heterocycles. The number of aliphatic hydroxyl groups is 1. The number of rotatable bonds is 1. The Hall–Kier alpha value is -0.250. The van der Waals surface area contributed by atoms with Gasteiger partial charge in [0, 0.05) is 0 Å². The van der Waals surface area contributed by atoms with E-state index in [2.05, 4.69) is 0 Å². The van der Waals surface area contributed by atoms with Gasteiger partial charge in [-0.1, -0.05) is 13.8 Å². The fourth-order valence-corrected chi connectivity index (χ4v) is 0.327.